The normalized spacial score (nSPS) is 12.2. The Bertz CT molecular complexity index is 3300. The highest BCUT2D eigenvalue weighted by Gasteiger charge is 2.39. The first-order chi connectivity index (χ1) is 29.8. The van der Waals surface area contributed by atoms with Crippen molar-refractivity contribution in [2.45, 2.75) is 26.2 Å². The second-order valence-corrected chi connectivity index (χ2v) is 15.7. The van der Waals surface area contributed by atoms with Crippen LogP contribution in [0.25, 0.3) is 88.4 Å². The minimum absolute atomic E-state index is 0.0142. The molecule has 0 saturated carbocycles. The predicted octanol–water partition coefficient (Wildman–Crippen LogP) is 15.4. The van der Waals surface area contributed by atoms with E-state index < -0.39 is 29.0 Å². The van der Waals surface area contributed by atoms with Crippen molar-refractivity contribution in [3.63, 3.8) is 0 Å². The molecule has 0 fully saturated rings. The Morgan fingerprint density at radius 1 is 0.419 bits per heavy atom. The van der Waals surface area contributed by atoms with Crippen molar-refractivity contribution < 1.29 is 26.3 Å². The van der Waals surface area contributed by atoms with Gasteiger partial charge in [0, 0.05) is 21.5 Å². The van der Waals surface area contributed by atoms with Gasteiger partial charge >= 0.3 is 12.4 Å². The van der Waals surface area contributed by atoms with Gasteiger partial charge in [-0.1, -0.05) is 114 Å². The molecule has 2 heterocycles. The Morgan fingerprint density at radius 2 is 0.887 bits per heavy atom. The van der Waals surface area contributed by atoms with E-state index in [0.29, 0.717) is 28.1 Å². The van der Waals surface area contributed by atoms with Crippen molar-refractivity contribution in [3.8, 4) is 50.8 Å². The highest BCUT2D eigenvalue weighted by Crippen LogP contribution is 2.45. The van der Waals surface area contributed by atoms with E-state index in [1.165, 1.54) is 12.1 Å². The number of rotatable bonds is 5. The molecular formula is C53H33F6N3. The Hall–Kier alpha value is -7.57. The van der Waals surface area contributed by atoms with Crippen LogP contribution < -0.4 is 0 Å². The molecule has 62 heavy (non-hydrogen) atoms. The number of aryl methyl sites for hydroxylation is 2. The van der Waals surface area contributed by atoms with Crippen LogP contribution in [-0.2, 0) is 12.4 Å². The van der Waals surface area contributed by atoms with E-state index >= 15 is 13.2 Å². The summed E-state index contributed by atoms with van der Waals surface area (Å²) in [5, 5.41) is 14.7. The van der Waals surface area contributed by atoms with Gasteiger partial charge in [-0.3, -0.25) is 0 Å². The third-order valence-electron chi connectivity index (χ3n) is 11.7. The van der Waals surface area contributed by atoms with Gasteiger partial charge in [-0.15, -0.1) is 0 Å². The van der Waals surface area contributed by atoms with Crippen molar-refractivity contribution in [2.75, 3.05) is 0 Å². The van der Waals surface area contributed by atoms with E-state index in [1.807, 2.05) is 132 Å². The number of nitrogens with zero attached hydrogens (tertiary/aromatic N) is 3. The minimum atomic E-state index is -5.15. The first kappa shape index (κ1) is 38.6. The quantitative estimate of drug-likeness (QED) is 0.159. The maximum Gasteiger partial charge on any atom is 0.417 e. The van der Waals surface area contributed by atoms with E-state index in [4.69, 9.17) is 0 Å². The molecule has 0 atom stereocenters. The molecule has 0 radical (unpaired) electrons. The summed E-state index contributed by atoms with van der Waals surface area (Å²) in [6.45, 7) is 4.03. The first-order valence-corrected chi connectivity index (χ1v) is 19.9. The molecular weight excluding hydrogens is 793 g/mol. The fourth-order valence-corrected chi connectivity index (χ4v) is 8.91. The highest BCUT2D eigenvalue weighted by atomic mass is 19.4. The van der Waals surface area contributed by atoms with E-state index in [0.717, 1.165) is 61.0 Å². The third-order valence-corrected chi connectivity index (χ3v) is 11.7. The van der Waals surface area contributed by atoms with Crippen LogP contribution in [0.3, 0.4) is 0 Å². The third kappa shape index (κ3) is 6.38. The van der Waals surface area contributed by atoms with Crippen LogP contribution in [-0.4, -0.2) is 9.13 Å². The zero-order chi connectivity index (χ0) is 43.1. The summed E-state index contributed by atoms with van der Waals surface area (Å²) in [6.07, 6.45) is -10.2. The zero-order valence-electron chi connectivity index (χ0n) is 33.2. The molecule has 0 saturated heterocycles. The molecule has 0 spiro atoms. The van der Waals surface area contributed by atoms with Crippen LogP contribution in [0.4, 0.5) is 26.3 Å². The number of fused-ring (bicyclic) bond motifs is 6. The van der Waals surface area contributed by atoms with Crippen LogP contribution in [0.1, 0.15) is 27.8 Å². The van der Waals surface area contributed by atoms with Crippen LogP contribution in [0.2, 0.25) is 0 Å². The van der Waals surface area contributed by atoms with Gasteiger partial charge in [0.2, 0.25) is 0 Å². The molecule has 0 aliphatic heterocycles. The molecule has 302 valence electrons. The Labute approximate surface area is 351 Å². The molecule has 0 bridgehead atoms. The number of hydrogen-bond donors (Lipinski definition) is 0. The molecule has 9 heteroatoms. The second-order valence-electron chi connectivity index (χ2n) is 15.7. The predicted molar refractivity (Wildman–Crippen MR) is 236 cm³/mol. The van der Waals surface area contributed by atoms with E-state index in [2.05, 4.69) is 30.3 Å². The van der Waals surface area contributed by atoms with Gasteiger partial charge in [0.15, 0.2) is 0 Å². The van der Waals surface area contributed by atoms with E-state index in [-0.39, 0.29) is 28.6 Å². The second kappa shape index (κ2) is 14.3. The first-order valence-electron chi connectivity index (χ1n) is 19.9. The van der Waals surface area contributed by atoms with Crippen LogP contribution in [0.15, 0.2) is 164 Å². The number of alkyl halides is 6. The van der Waals surface area contributed by atoms with Crippen molar-refractivity contribution in [1.82, 2.24) is 9.13 Å². The average molecular weight is 826 g/mol. The lowest BCUT2D eigenvalue weighted by molar-refractivity contribution is -0.142. The molecule has 8 aromatic carbocycles. The molecule has 2 aromatic heterocycles. The number of aromatic nitrogens is 2. The lowest BCUT2D eigenvalue weighted by Crippen LogP contribution is -2.12. The Morgan fingerprint density at radius 3 is 1.34 bits per heavy atom. The van der Waals surface area contributed by atoms with Gasteiger partial charge in [0.25, 0.3) is 0 Å². The van der Waals surface area contributed by atoms with Crippen LogP contribution in [0, 0.1) is 25.2 Å². The van der Waals surface area contributed by atoms with Gasteiger partial charge in [-0.05, 0) is 108 Å². The monoisotopic (exact) mass is 825 g/mol. The number of para-hydroxylation sites is 2. The van der Waals surface area contributed by atoms with Crippen molar-refractivity contribution in [3.05, 3.63) is 192 Å². The molecule has 0 aliphatic carbocycles. The van der Waals surface area contributed by atoms with Gasteiger partial charge in [0.05, 0.1) is 44.6 Å². The maximum atomic E-state index is 15.0. The summed E-state index contributed by atoms with van der Waals surface area (Å²) in [5.41, 5.74) is 6.22. The van der Waals surface area contributed by atoms with E-state index in [9.17, 15) is 18.4 Å². The molecule has 0 unspecified atom stereocenters. The number of hydrogen-bond acceptors (Lipinski definition) is 1. The van der Waals surface area contributed by atoms with Crippen LogP contribution >= 0.6 is 0 Å². The summed E-state index contributed by atoms with van der Waals surface area (Å²) in [6, 6.07) is 50.5. The van der Waals surface area contributed by atoms with Gasteiger partial charge in [-0.25, -0.2) is 0 Å². The topological polar surface area (TPSA) is 33.6 Å². The van der Waals surface area contributed by atoms with Crippen molar-refractivity contribution >= 4 is 43.6 Å². The summed E-state index contributed by atoms with van der Waals surface area (Å²) in [4.78, 5) is 0. The highest BCUT2D eigenvalue weighted by molar-refractivity contribution is 6.12. The Balaban J connectivity index is 1.32. The van der Waals surface area contributed by atoms with Crippen molar-refractivity contribution in [1.29, 1.82) is 5.26 Å². The van der Waals surface area contributed by atoms with Gasteiger partial charge in [-0.2, -0.15) is 31.6 Å². The summed E-state index contributed by atoms with van der Waals surface area (Å²) in [7, 11) is 0. The summed E-state index contributed by atoms with van der Waals surface area (Å²) < 4.78 is 90.7. The number of halogens is 6. The van der Waals surface area contributed by atoms with Crippen LogP contribution in [0.5, 0.6) is 0 Å². The zero-order valence-corrected chi connectivity index (χ0v) is 33.2. The minimum Gasteiger partial charge on any atom is -0.308 e. The van der Waals surface area contributed by atoms with Gasteiger partial charge < -0.3 is 9.13 Å². The number of nitriles is 1. The summed E-state index contributed by atoms with van der Waals surface area (Å²) >= 11 is 0. The maximum absolute atomic E-state index is 15.0. The SMILES string of the molecule is Cc1cccc(-c2ccc3c(c2)c2ccccc2n3-c2cc(-c3ccc(C(F)(F)F)cc3C(F)(F)F)cc(-n3c4ccccc4c4cc(-c5cccc(C)c5)ccc43)c2C#N)c1. The lowest BCUT2D eigenvalue weighted by Gasteiger charge is -2.21. The number of benzene rings is 8. The fourth-order valence-electron chi connectivity index (χ4n) is 8.91. The Kier molecular flexibility index (Phi) is 8.89. The molecule has 0 aliphatic rings. The standard InChI is InChI=1S/C53H33F6N3/c1-31-9-7-11-33(23-31)35-17-21-48-42(25-35)40-13-3-5-15-46(40)61(48)50-27-37(39-20-19-38(52(54,55)56)29-45(39)53(57,58)59)28-51(44(50)30-60)62-47-16-6-4-14-41(47)43-26-36(18-22-49(43)62)34-12-8-10-32(2)24-34/h3-29H,1-2H3. The molecule has 10 rings (SSSR count). The average Bonchev–Trinajstić information content (AvgIpc) is 3.77. The fraction of sp³-hybridized carbons (Fsp3) is 0.0755. The largest absolute Gasteiger partial charge is 0.417 e. The van der Waals surface area contributed by atoms with Crippen molar-refractivity contribution in [2.24, 2.45) is 0 Å². The molecule has 0 amide bonds. The van der Waals surface area contributed by atoms with Gasteiger partial charge in [0.1, 0.15) is 11.6 Å². The smallest absolute Gasteiger partial charge is 0.308 e. The lowest BCUT2D eigenvalue weighted by atomic mass is 9.94. The van der Waals surface area contributed by atoms with E-state index in [1.54, 1.807) is 0 Å². The molecule has 3 nitrogen and oxygen atoms in total. The molecule has 10 aromatic rings. The summed E-state index contributed by atoms with van der Waals surface area (Å²) in [5.74, 6) is 0. The molecule has 0 N–H and O–H groups in total.